The van der Waals surface area contributed by atoms with Crippen LogP contribution in [0.25, 0.3) is 0 Å². The van der Waals surface area contributed by atoms with Crippen molar-refractivity contribution in [1.82, 2.24) is 5.32 Å². The van der Waals surface area contributed by atoms with E-state index in [1.165, 1.54) is 32.1 Å². The molecular formula is C14H27NO2. The average Bonchev–Trinajstić information content (AvgIpc) is 2.38. The van der Waals surface area contributed by atoms with Crippen molar-refractivity contribution >= 4 is 0 Å². The number of rotatable bonds is 4. The van der Waals surface area contributed by atoms with Crippen molar-refractivity contribution in [2.24, 2.45) is 5.92 Å². The average molecular weight is 241 g/mol. The summed E-state index contributed by atoms with van der Waals surface area (Å²) in [7, 11) is 0. The molecule has 3 nitrogen and oxygen atoms in total. The zero-order chi connectivity index (χ0) is 12.1. The Kier molecular flexibility index (Phi) is 5.26. The molecule has 0 amide bonds. The van der Waals surface area contributed by atoms with Crippen LogP contribution < -0.4 is 5.32 Å². The Balaban J connectivity index is 1.73. The summed E-state index contributed by atoms with van der Waals surface area (Å²) in [6.45, 7) is 7.30. The third-order valence-electron chi connectivity index (χ3n) is 4.16. The van der Waals surface area contributed by atoms with Crippen LogP contribution in [0.15, 0.2) is 0 Å². The fourth-order valence-electron chi connectivity index (χ4n) is 2.92. The molecule has 3 heteroatoms. The van der Waals surface area contributed by atoms with E-state index in [9.17, 15) is 0 Å². The maximum absolute atomic E-state index is 6.16. The van der Waals surface area contributed by atoms with Gasteiger partial charge in [0.05, 0.1) is 12.7 Å². The lowest BCUT2D eigenvalue weighted by atomic mass is 9.94. The molecule has 0 aromatic rings. The van der Waals surface area contributed by atoms with Gasteiger partial charge in [-0.1, -0.05) is 6.92 Å². The molecule has 0 aromatic carbocycles. The van der Waals surface area contributed by atoms with Gasteiger partial charge in [0.15, 0.2) is 0 Å². The standard InChI is InChI=1S/C14H27NO2/c1-3-13-14(5-4-11(2)15-13)17-10-12-6-8-16-9-7-12/h11-15H,3-10H2,1-2H3. The van der Waals surface area contributed by atoms with Crippen LogP contribution in [0.1, 0.15) is 46.0 Å². The van der Waals surface area contributed by atoms with Crippen molar-refractivity contribution in [3.63, 3.8) is 0 Å². The van der Waals surface area contributed by atoms with Gasteiger partial charge in [0.1, 0.15) is 0 Å². The minimum Gasteiger partial charge on any atom is -0.381 e. The molecule has 0 saturated carbocycles. The molecule has 3 atom stereocenters. The van der Waals surface area contributed by atoms with Crippen molar-refractivity contribution in [1.29, 1.82) is 0 Å². The third-order valence-corrected chi connectivity index (χ3v) is 4.16. The summed E-state index contributed by atoms with van der Waals surface area (Å²) in [6.07, 6.45) is 6.41. The maximum Gasteiger partial charge on any atom is 0.0728 e. The van der Waals surface area contributed by atoms with Crippen LogP contribution in [-0.4, -0.2) is 38.0 Å². The predicted molar refractivity (Wildman–Crippen MR) is 69.2 cm³/mol. The van der Waals surface area contributed by atoms with E-state index in [2.05, 4.69) is 19.2 Å². The maximum atomic E-state index is 6.16. The summed E-state index contributed by atoms with van der Waals surface area (Å²) in [5.74, 6) is 0.723. The van der Waals surface area contributed by atoms with E-state index < -0.39 is 0 Å². The first-order valence-corrected chi connectivity index (χ1v) is 7.25. The van der Waals surface area contributed by atoms with Gasteiger partial charge in [-0.3, -0.25) is 0 Å². The Hall–Kier alpha value is -0.120. The smallest absolute Gasteiger partial charge is 0.0728 e. The second kappa shape index (κ2) is 6.72. The van der Waals surface area contributed by atoms with Gasteiger partial charge in [0.2, 0.25) is 0 Å². The summed E-state index contributed by atoms with van der Waals surface area (Å²) >= 11 is 0. The lowest BCUT2D eigenvalue weighted by molar-refractivity contribution is -0.0391. The van der Waals surface area contributed by atoms with Crippen LogP contribution in [0.4, 0.5) is 0 Å². The number of ether oxygens (including phenoxy) is 2. The second-order valence-electron chi connectivity index (χ2n) is 5.59. The molecule has 1 N–H and O–H groups in total. The van der Waals surface area contributed by atoms with Gasteiger partial charge in [0.25, 0.3) is 0 Å². The molecule has 2 fully saturated rings. The monoisotopic (exact) mass is 241 g/mol. The zero-order valence-electron chi connectivity index (χ0n) is 11.3. The third kappa shape index (κ3) is 3.94. The van der Waals surface area contributed by atoms with E-state index in [4.69, 9.17) is 9.47 Å². The van der Waals surface area contributed by atoms with Gasteiger partial charge in [-0.05, 0) is 44.9 Å². The quantitative estimate of drug-likeness (QED) is 0.819. The number of hydrogen-bond acceptors (Lipinski definition) is 3. The molecule has 3 unspecified atom stereocenters. The highest BCUT2D eigenvalue weighted by Gasteiger charge is 2.28. The lowest BCUT2D eigenvalue weighted by Gasteiger charge is -2.36. The van der Waals surface area contributed by atoms with Gasteiger partial charge in [-0.2, -0.15) is 0 Å². The van der Waals surface area contributed by atoms with Crippen LogP contribution >= 0.6 is 0 Å². The molecule has 0 radical (unpaired) electrons. The van der Waals surface area contributed by atoms with Gasteiger partial charge in [-0.15, -0.1) is 0 Å². The molecule has 100 valence electrons. The minimum absolute atomic E-state index is 0.430. The SMILES string of the molecule is CCC1NC(C)CCC1OCC1CCOCC1. The van der Waals surface area contributed by atoms with Crippen molar-refractivity contribution in [2.45, 2.75) is 64.1 Å². The van der Waals surface area contributed by atoms with Crippen LogP contribution in [0.2, 0.25) is 0 Å². The van der Waals surface area contributed by atoms with Crippen molar-refractivity contribution in [3.05, 3.63) is 0 Å². The van der Waals surface area contributed by atoms with Gasteiger partial charge in [-0.25, -0.2) is 0 Å². The van der Waals surface area contributed by atoms with Crippen LogP contribution in [-0.2, 0) is 9.47 Å². The zero-order valence-corrected chi connectivity index (χ0v) is 11.3. The molecule has 0 aromatic heterocycles. The predicted octanol–water partition coefficient (Wildman–Crippen LogP) is 2.35. The molecule has 2 aliphatic rings. The van der Waals surface area contributed by atoms with E-state index in [-0.39, 0.29) is 0 Å². The first-order valence-electron chi connectivity index (χ1n) is 7.25. The Bertz CT molecular complexity index is 216. The number of nitrogens with one attached hydrogen (secondary N) is 1. The topological polar surface area (TPSA) is 30.5 Å². The highest BCUT2D eigenvalue weighted by molar-refractivity contribution is 4.85. The summed E-state index contributed by atoms with van der Waals surface area (Å²) in [4.78, 5) is 0. The van der Waals surface area contributed by atoms with Gasteiger partial charge < -0.3 is 14.8 Å². The Labute approximate surface area is 105 Å². The van der Waals surface area contributed by atoms with Crippen molar-refractivity contribution < 1.29 is 9.47 Å². The number of piperidine rings is 1. The Morgan fingerprint density at radius 2 is 1.94 bits per heavy atom. The largest absolute Gasteiger partial charge is 0.381 e. The Morgan fingerprint density at radius 3 is 2.65 bits per heavy atom. The summed E-state index contributed by atoms with van der Waals surface area (Å²) in [6, 6.07) is 1.21. The first-order chi connectivity index (χ1) is 8.29. The highest BCUT2D eigenvalue weighted by Crippen LogP contribution is 2.22. The van der Waals surface area contributed by atoms with Crippen molar-refractivity contribution in [3.8, 4) is 0 Å². The molecule has 17 heavy (non-hydrogen) atoms. The summed E-state index contributed by atoms with van der Waals surface area (Å²) in [5, 5.41) is 3.65. The summed E-state index contributed by atoms with van der Waals surface area (Å²) < 4.78 is 11.5. The Morgan fingerprint density at radius 1 is 1.18 bits per heavy atom. The van der Waals surface area contributed by atoms with Gasteiger partial charge in [0, 0.05) is 25.3 Å². The van der Waals surface area contributed by atoms with E-state index in [1.54, 1.807) is 0 Å². The van der Waals surface area contributed by atoms with E-state index in [0.29, 0.717) is 18.2 Å². The molecule has 0 spiro atoms. The minimum atomic E-state index is 0.430. The van der Waals surface area contributed by atoms with E-state index in [1.807, 2.05) is 0 Å². The molecule has 2 rings (SSSR count). The fourth-order valence-corrected chi connectivity index (χ4v) is 2.92. The molecule has 0 bridgehead atoms. The van der Waals surface area contributed by atoms with E-state index in [0.717, 1.165) is 25.7 Å². The van der Waals surface area contributed by atoms with Crippen LogP contribution in [0.5, 0.6) is 0 Å². The molecule has 2 saturated heterocycles. The first kappa shape index (κ1) is 13.3. The highest BCUT2D eigenvalue weighted by atomic mass is 16.5. The molecule has 2 aliphatic heterocycles. The molecule has 2 heterocycles. The number of hydrogen-bond donors (Lipinski definition) is 1. The second-order valence-corrected chi connectivity index (χ2v) is 5.59. The lowest BCUT2D eigenvalue weighted by Crippen LogP contribution is -2.50. The van der Waals surface area contributed by atoms with Gasteiger partial charge >= 0.3 is 0 Å². The fraction of sp³-hybridized carbons (Fsp3) is 1.00. The normalized spacial score (nSPS) is 36.0. The van der Waals surface area contributed by atoms with Crippen molar-refractivity contribution in [2.75, 3.05) is 19.8 Å². The van der Waals surface area contributed by atoms with E-state index >= 15 is 0 Å². The molecular weight excluding hydrogens is 214 g/mol. The van der Waals surface area contributed by atoms with Crippen LogP contribution in [0, 0.1) is 5.92 Å². The molecule has 0 aliphatic carbocycles. The van der Waals surface area contributed by atoms with Crippen LogP contribution in [0.3, 0.4) is 0 Å². The summed E-state index contributed by atoms with van der Waals surface area (Å²) in [5.41, 5.74) is 0.